The molecule has 0 atom stereocenters. The lowest BCUT2D eigenvalue weighted by Crippen LogP contribution is -2.21. The summed E-state index contributed by atoms with van der Waals surface area (Å²) in [7, 11) is -3.20. The van der Waals surface area contributed by atoms with E-state index in [4.69, 9.17) is 0 Å². The highest BCUT2D eigenvalue weighted by atomic mass is 32.2. The summed E-state index contributed by atoms with van der Waals surface area (Å²) in [4.78, 5) is 0. The van der Waals surface area contributed by atoms with Crippen LogP contribution in [0, 0.1) is 5.92 Å². The Balaban J connectivity index is 3.10. The number of benzene rings is 1. The molecule has 0 spiro atoms. The van der Waals surface area contributed by atoms with E-state index in [0.29, 0.717) is 5.56 Å². The van der Waals surface area contributed by atoms with Gasteiger partial charge in [-0.15, -0.1) is 0 Å². The number of hydrogen-bond donors (Lipinski definition) is 0. The molecule has 0 bridgehead atoms. The SMILES string of the molecule is CC(C)C(F)(F)c1cccc(CS(C)(=O)=O)c1. The summed E-state index contributed by atoms with van der Waals surface area (Å²) in [5.74, 6) is -3.97. The van der Waals surface area contributed by atoms with E-state index in [9.17, 15) is 17.2 Å². The molecule has 0 radical (unpaired) electrons. The summed E-state index contributed by atoms with van der Waals surface area (Å²) in [5.41, 5.74) is 0.263. The minimum atomic E-state index is -3.20. The predicted octanol–water partition coefficient (Wildman–Crippen LogP) is 2.98. The molecule has 0 aliphatic carbocycles. The summed E-state index contributed by atoms with van der Waals surface area (Å²) in [6, 6.07) is 5.60. The van der Waals surface area contributed by atoms with Crippen molar-refractivity contribution in [1.82, 2.24) is 0 Å². The van der Waals surface area contributed by atoms with Gasteiger partial charge in [-0.1, -0.05) is 32.0 Å². The first-order chi connectivity index (χ1) is 7.63. The fourth-order valence-corrected chi connectivity index (χ4v) is 2.29. The molecule has 0 heterocycles. The van der Waals surface area contributed by atoms with Crippen LogP contribution in [0.4, 0.5) is 8.78 Å². The van der Waals surface area contributed by atoms with Crippen molar-refractivity contribution in [3.05, 3.63) is 35.4 Å². The quantitative estimate of drug-likeness (QED) is 0.836. The molecule has 0 N–H and O–H groups in total. The number of alkyl halides is 2. The topological polar surface area (TPSA) is 34.1 Å². The standard InChI is InChI=1S/C12H16F2O2S/c1-9(2)12(13,14)11-6-4-5-10(7-11)8-17(3,15)16/h4-7,9H,8H2,1-3H3. The minimum absolute atomic E-state index is 0.131. The molecule has 0 unspecified atom stereocenters. The van der Waals surface area contributed by atoms with Gasteiger partial charge in [-0.25, -0.2) is 17.2 Å². The van der Waals surface area contributed by atoms with E-state index in [0.717, 1.165) is 6.26 Å². The van der Waals surface area contributed by atoms with Gasteiger partial charge in [0.2, 0.25) is 0 Å². The molecule has 0 saturated carbocycles. The first kappa shape index (κ1) is 14.1. The predicted molar refractivity (Wildman–Crippen MR) is 63.7 cm³/mol. The van der Waals surface area contributed by atoms with Crippen molar-refractivity contribution >= 4 is 9.84 Å². The van der Waals surface area contributed by atoms with E-state index >= 15 is 0 Å². The molecule has 0 aliphatic heterocycles. The maximum atomic E-state index is 13.7. The molecule has 0 fully saturated rings. The van der Waals surface area contributed by atoms with Crippen LogP contribution in [0.3, 0.4) is 0 Å². The third-order valence-electron chi connectivity index (χ3n) is 2.47. The number of halogens is 2. The second kappa shape index (κ2) is 4.72. The lowest BCUT2D eigenvalue weighted by Gasteiger charge is -2.21. The molecule has 2 nitrogen and oxygen atoms in total. The van der Waals surface area contributed by atoms with Gasteiger partial charge >= 0.3 is 0 Å². The monoisotopic (exact) mass is 262 g/mol. The minimum Gasteiger partial charge on any atom is -0.229 e. The molecule has 0 aliphatic rings. The smallest absolute Gasteiger partial charge is 0.229 e. The maximum Gasteiger partial charge on any atom is 0.275 e. The van der Waals surface area contributed by atoms with Crippen LogP contribution in [-0.2, 0) is 21.5 Å². The number of hydrogen-bond acceptors (Lipinski definition) is 2. The van der Waals surface area contributed by atoms with Gasteiger partial charge in [-0.2, -0.15) is 0 Å². The Hall–Kier alpha value is -0.970. The molecule has 0 amide bonds. The van der Waals surface area contributed by atoms with Gasteiger partial charge in [0, 0.05) is 17.7 Å². The van der Waals surface area contributed by atoms with Crippen LogP contribution in [0.1, 0.15) is 25.0 Å². The van der Waals surface area contributed by atoms with E-state index < -0.39 is 21.7 Å². The zero-order valence-corrected chi connectivity index (χ0v) is 10.9. The third-order valence-corrected chi connectivity index (χ3v) is 3.32. The summed E-state index contributed by atoms with van der Waals surface area (Å²) < 4.78 is 49.7. The van der Waals surface area contributed by atoms with Gasteiger partial charge in [0.05, 0.1) is 5.75 Å². The van der Waals surface area contributed by atoms with Crippen molar-refractivity contribution in [1.29, 1.82) is 0 Å². The van der Waals surface area contributed by atoms with Gasteiger partial charge in [0.25, 0.3) is 5.92 Å². The third kappa shape index (κ3) is 3.77. The summed E-state index contributed by atoms with van der Waals surface area (Å²) in [6.45, 7) is 2.87. The Morgan fingerprint density at radius 2 is 1.88 bits per heavy atom. The van der Waals surface area contributed by atoms with Crippen molar-refractivity contribution in [2.24, 2.45) is 5.92 Å². The molecule has 1 rings (SSSR count). The Morgan fingerprint density at radius 1 is 1.29 bits per heavy atom. The normalized spacial score (nSPS) is 13.1. The summed E-state index contributed by atoms with van der Waals surface area (Å²) in [6.07, 6.45) is 1.08. The molecule has 96 valence electrons. The second-order valence-electron chi connectivity index (χ2n) is 4.55. The Labute approximate surface area is 101 Å². The van der Waals surface area contributed by atoms with E-state index in [-0.39, 0.29) is 11.3 Å². The zero-order valence-electron chi connectivity index (χ0n) is 10.1. The second-order valence-corrected chi connectivity index (χ2v) is 6.69. The molecular formula is C12H16F2O2S. The van der Waals surface area contributed by atoms with Gasteiger partial charge in [-0.3, -0.25) is 0 Å². The average Bonchev–Trinajstić information content (AvgIpc) is 2.15. The van der Waals surface area contributed by atoms with Crippen LogP contribution in [0.15, 0.2) is 24.3 Å². The Morgan fingerprint density at radius 3 is 2.35 bits per heavy atom. The molecule has 5 heteroatoms. The van der Waals surface area contributed by atoms with Crippen LogP contribution >= 0.6 is 0 Å². The highest BCUT2D eigenvalue weighted by Gasteiger charge is 2.35. The first-order valence-electron chi connectivity index (χ1n) is 5.28. The van der Waals surface area contributed by atoms with E-state index in [1.807, 2.05) is 0 Å². The molecule has 1 aromatic carbocycles. The summed E-state index contributed by atoms with van der Waals surface area (Å²) >= 11 is 0. The van der Waals surface area contributed by atoms with Crippen molar-refractivity contribution in [3.8, 4) is 0 Å². The fraction of sp³-hybridized carbons (Fsp3) is 0.500. The van der Waals surface area contributed by atoms with Crippen molar-refractivity contribution in [2.45, 2.75) is 25.5 Å². The maximum absolute atomic E-state index is 13.7. The van der Waals surface area contributed by atoms with Gasteiger partial charge in [-0.05, 0) is 11.6 Å². The van der Waals surface area contributed by atoms with Gasteiger partial charge < -0.3 is 0 Å². The van der Waals surface area contributed by atoms with Crippen LogP contribution in [0.5, 0.6) is 0 Å². The fourth-order valence-electron chi connectivity index (χ4n) is 1.50. The lowest BCUT2D eigenvalue weighted by atomic mass is 9.97. The summed E-state index contributed by atoms with van der Waals surface area (Å²) in [5, 5.41) is 0. The van der Waals surface area contributed by atoms with Crippen LogP contribution in [0.2, 0.25) is 0 Å². The lowest BCUT2D eigenvalue weighted by molar-refractivity contribution is -0.0514. The van der Waals surface area contributed by atoms with Gasteiger partial charge in [0.15, 0.2) is 9.84 Å². The molecule has 1 aromatic rings. The van der Waals surface area contributed by atoms with Crippen LogP contribution in [-0.4, -0.2) is 14.7 Å². The number of sulfone groups is 1. The van der Waals surface area contributed by atoms with Crippen LogP contribution < -0.4 is 0 Å². The highest BCUT2D eigenvalue weighted by Crippen LogP contribution is 2.35. The van der Waals surface area contributed by atoms with Crippen LogP contribution in [0.25, 0.3) is 0 Å². The molecule has 17 heavy (non-hydrogen) atoms. The Bertz CT molecular complexity index is 493. The van der Waals surface area contributed by atoms with Crippen molar-refractivity contribution in [2.75, 3.05) is 6.26 Å². The van der Waals surface area contributed by atoms with E-state index in [1.165, 1.54) is 32.0 Å². The highest BCUT2D eigenvalue weighted by molar-refractivity contribution is 7.89. The Kier molecular flexibility index (Phi) is 3.91. The molecule has 0 saturated heterocycles. The van der Waals surface area contributed by atoms with Crippen molar-refractivity contribution in [3.63, 3.8) is 0 Å². The van der Waals surface area contributed by atoms with Crippen molar-refractivity contribution < 1.29 is 17.2 Å². The average molecular weight is 262 g/mol. The molecule has 0 aromatic heterocycles. The largest absolute Gasteiger partial charge is 0.275 e. The van der Waals surface area contributed by atoms with Gasteiger partial charge in [0.1, 0.15) is 0 Å². The first-order valence-corrected chi connectivity index (χ1v) is 7.34. The zero-order chi connectivity index (χ0) is 13.3. The van der Waals surface area contributed by atoms with E-state index in [2.05, 4.69) is 0 Å². The van der Waals surface area contributed by atoms with E-state index in [1.54, 1.807) is 6.07 Å². The number of rotatable bonds is 4. The molecular weight excluding hydrogens is 246 g/mol.